The fourth-order valence-electron chi connectivity index (χ4n) is 1.27. The van der Waals surface area contributed by atoms with Gasteiger partial charge in [0, 0.05) is 6.61 Å². The van der Waals surface area contributed by atoms with E-state index in [0.717, 1.165) is 38.8 Å². The standard InChI is InChI=1S/C11H22F3NO/c1-2-15-8-5-3-4-6-9-16-10-7-11(12,13)14/h15H,2-10H2,1H3. The largest absolute Gasteiger partial charge is 0.391 e. The molecule has 0 aliphatic heterocycles. The third-order valence-corrected chi connectivity index (χ3v) is 2.17. The third kappa shape index (κ3) is 13.7. The molecule has 0 bridgehead atoms. The number of unbranched alkanes of at least 4 members (excludes halogenated alkanes) is 3. The van der Waals surface area contributed by atoms with Crippen LogP contribution < -0.4 is 5.32 Å². The zero-order chi connectivity index (χ0) is 12.3. The fourth-order valence-corrected chi connectivity index (χ4v) is 1.27. The van der Waals surface area contributed by atoms with Crippen molar-refractivity contribution >= 4 is 0 Å². The number of halogens is 3. The van der Waals surface area contributed by atoms with Crippen molar-refractivity contribution in [3.63, 3.8) is 0 Å². The van der Waals surface area contributed by atoms with E-state index in [1.165, 1.54) is 0 Å². The summed E-state index contributed by atoms with van der Waals surface area (Å²) in [6, 6.07) is 0. The van der Waals surface area contributed by atoms with Crippen LogP contribution in [0, 0.1) is 0 Å². The van der Waals surface area contributed by atoms with Gasteiger partial charge in [0.2, 0.25) is 0 Å². The second-order valence-electron chi connectivity index (χ2n) is 3.75. The van der Waals surface area contributed by atoms with Crippen LogP contribution in [0.4, 0.5) is 13.2 Å². The Balaban J connectivity index is 2.99. The molecule has 16 heavy (non-hydrogen) atoms. The molecule has 2 nitrogen and oxygen atoms in total. The van der Waals surface area contributed by atoms with Crippen LogP contribution in [0.5, 0.6) is 0 Å². The lowest BCUT2D eigenvalue weighted by atomic mass is 10.2. The van der Waals surface area contributed by atoms with Crippen molar-refractivity contribution in [1.29, 1.82) is 0 Å². The normalized spacial score (nSPS) is 12.0. The van der Waals surface area contributed by atoms with E-state index < -0.39 is 12.6 Å². The monoisotopic (exact) mass is 241 g/mol. The van der Waals surface area contributed by atoms with Crippen LogP contribution in [0.3, 0.4) is 0 Å². The van der Waals surface area contributed by atoms with Crippen LogP contribution >= 0.6 is 0 Å². The van der Waals surface area contributed by atoms with Gasteiger partial charge >= 0.3 is 6.18 Å². The fraction of sp³-hybridized carbons (Fsp3) is 1.00. The summed E-state index contributed by atoms with van der Waals surface area (Å²) >= 11 is 0. The van der Waals surface area contributed by atoms with E-state index in [1.54, 1.807) is 0 Å². The highest BCUT2D eigenvalue weighted by atomic mass is 19.4. The van der Waals surface area contributed by atoms with Gasteiger partial charge in [-0.2, -0.15) is 13.2 Å². The van der Waals surface area contributed by atoms with Gasteiger partial charge in [-0.3, -0.25) is 0 Å². The predicted molar refractivity (Wildman–Crippen MR) is 58.5 cm³/mol. The Morgan fingerprint density at radius 3 is 2.31 bits per heavy atom. The predicted octanol–water partition coefficient (Wildman–Crippen LogP) is 3.13. The van der Waals surface area contributed by atoms with Crippen LogP contribution in [-0.2, 0) is 4.74 Å². The van der Waals surface area contributed by atoms with Gasteiger partial charge in [-0.05, 0) is 25.9 Å². The van der Waals surface area contributed by atoms with Gasteiger partial charge in [-0.1, -0.05) is 19.8 Å². The minimum atomic E-state index is -4.09. The minimum Gasteiger partial charge on any atom is -0.381 e. The van der Waals surface area contributed by atoms with Crippen molar-refractivity contribution in [2.24, 2.45) is 0 Å². The summed E-state index contributed by atoms with van der Waals surface area (Å²) < 4.78 is 40.1. The number of hydrogen-bond acceptors (Lipinski definition) is 2. The molecule has 0 amide bonds. The highest BCUT2D eigenvalue weighted by molar-refractivity contribution is 4.49. The average Bonchev–Trinajstić information content (AvgIpc) is 2.19. The lowest BCUT2D eigenvalue weighted by Gasteiger charge is -2.07. The number of alkyl halides is 3. The van der Waals surface area contributed by atoms with Gasteiger partial charge in [-0.15, -0.1) is 0 Å². The number of ether oxygens (including phenoxy) is 1. The molecule has 0 aliphatic rings. The second-order valence-corrected chi connectivity index (χ2v) is 3.75. The molecule has 0 fully saturated rings. The molecule has 0 spiro atoms. The first-order chi connectivity index (χ1) is 7.56. The summed E-state index contributed by atoms with van der Waals surface area (Å²) in [5.41, 5.74) is 0. The Kier molecular flexibility index (Phi) is 9.72. The molecule has 1 N–H and O–H groups in total. The molecule has 0 atom stereocenters. The molecule has 5 heteroatoms. The third-order valence-electron chi connectivity index (χ3n) is 2.17. The smallest absolute Gasteiger partial charge is 0.381 e. The molecule has 0 heterocycles. The molecule has 0 unspecified atom stereocenters. The van der Waals surface area contributed by atoms with Crippen LogP contribution in [0.2, 0.25) is 0 Å². The first-order valence-electron chi connectivity index (χ1n) is 5.91. The maximum Gasteiger partial charge on any atom is 0.391 e. The molecule has 0 radical (unpaired) electrons. The highest BCUT2D eigenvalue weighted by Gasteiger charge is 2.26. The van der Waals surface area contributed by atoms with Gasteiger partial charge in [0.05, 0.1) is 13.0 Å². The van der Waals surface area contributed by atoms with Crippen molar-refractivity contribution in [1.82, 2.24) is 5.32 Å². The summed E-state index contributed by atoms with van der Waals surface area (Å²) in [7, 11) is 0. The Hall–Kier alpha value is -0.290. The zero-order valence-corrected chi connectivity index (χ0v) is 9.91. The summed E-state index contributed by atoms with van der Waals surface area (Å²) in [6.07, 6.45) is -0.827. The Morgan fingerprint density at radius 1 is 1.00 bits per heavy atom. The molecule has 0 aromatic rings. The Bertz CT molecular complexity index is 151. The quantitative estimate of drug-likeness (QED) is 0.593. The summed E-state index contributed by atoms with van der Waals surface area (Å²) in [5.74, 6) is 0. The number of nitrogens with one attached hydrogen (secondary N) is 1. The van der Waals surface area contributed by atoms with E-state index in [2.05, 4.69) is 12.2 Å². The summed E-state index contributed by atoms with van der Waals surface area (Å²) in [6.45, 7) is 4.30. The van der Waals surface area contributed by atoms with Gasteiger partial charge in [0.1, 0.15) is 0 Å². The number of hydrogen-bond donors (Lipinski definition) is 1. The van der Waals surface area contributed by atoms with Crippen molar-refractivity contribution in [3.8, 4) is 0 Å². The van der Waals surface area contributed by atoms with Crippen molar-refractivity contribution in [2.75, 3.05) is 26.3 Å². The maximum absolute atomic E-state index is 11.7. The summed E-state index contributed by atoms with van der Waals surface area (Å²) in [5, 5.41) is 3.22. The SMILES string of the molecule is CCNCCCCCCOCCC(F)(F)F. The average molecular weight is 241 g/mol. The Morgan fingerprint density at radius 2 is 1.69 bits per heavy atom. The minimum absolute atomic E-state index is 0.207. The molecule has 0 saturated carbocycles. The summed E-state index contributed by atoms with van der Waals surface area (Å²) in [4.78, 5) is 0. The van der Waals surface area contributed by atoms with Gasteiger partial charge < -0.3 is 10.1 Å². The Labute approximate surface area is 95.5 Å². The molecule has 0 rings (SSSR count). The molecule has 98 valence electrons. The highest BCUT2D eigenvalue weighted by Crippen LogP contribution is 2.18. The van der Waals surface area contributed by atoms with Crippen molar-refractivity contribution in [3.05, 3.63) is 0 Å². The zero-order valence-electron chi connectivity index (χ0n) is 9.91. The van der Waals surface area contributed by atoms with E-state index >= 15 is 0 Å². The number of rotatable bonds is 10. The molecule has 0 aliphatic carbocycles. The maximum atomic E-state index is 11.7. The van der Waals surface area contributed by atoms with Crippen LogP contribution in [-0.4, -0.2) is 32.5 Å². The molecular weight excluding hydrogens is 219 g/mol. The lowest BCUT2D eigenvalue weighted by Crippen LogP contribution is -2.13. The van der Waals surface area contributed by atoms with Crippen molar-refractivity contribution < 1.29 is 17.9 Å². The van der Waals surface area contributed by atoms with Crippen LogP contribution in [0.25, 0.3) is 0 Å². The van der Waals surface area contributed by atoms with E-state index in [4.69, 9.17) is 4.74 Å². The van der Waals surface area contributed by atoms with E-state index in [-0.39, 0.29) is 6.61 Å². The molecule has 0 saturated heterocycles. The second kappa shape index (κ2) is 9.90. The van der Waals surface area contributed by atoms with E-state index in [1.807, 2.05) is 0 Å². The lowest BCUT2D eigenvalue weighted by molar-refractivity contribution is -0.145. The molecule has 0 aromatic carbocycles. The van der Waals surface area contributed by atoms with Crippen LogP contribution in [0.15, 0.2) is 0 Å². The van der Waals surface area contributed by atoms with E-state index in [9.17, 15) is 13.2 Å². The molecule has 0 aromatic heterocycles. The first-order valence-corrected chi connectivity index (χ1v) is 5.91. The van der Waals surface area contributed by atoms with Gasteiger partial charge in [-0.25, -0.2) is 0 Å². The van der Waals surface area contributed by atoms with Gasteiger partial charge in [0.25, 0.3) is 0 Å². The molecular formula is C11H22F3NO. The van der Waals surface area contributed by atoms with Gasteiger partial charge in [0.15, 0.2) is 0 Å². The van der Waals surface area contributed by atoms with E-state index in [0.29, 0.717) is 6.61 Å². The first kappa shape index (κ1) is 15.7. The topological polar surface area (TPSA) is 21.3 Å². The van der Waals surface area contributed by atoms with Crippen LogP contribution in [0.1, 0.15) is 39.0 Å². The van der Waals surface area contributed by atoms with Crippen molar-refractivity contribution in [2.45, 2.75) is 45.2 Å².